The summed E-state index contributed by atoms with van der Waals surface area (Å²) in [5.74, 6) is 0.194. The first-order valence-electron chi connectivity index (χ1n) is 6.64. The van der Waals surface area contributed by atoms with E-state index < -0.39 is 12.0 Å². The molecule has 1 aromatic heterocycles. The number of aliphatic carboxylic acids is 1. The monoisotopic (exact) mass is 313 g/mol. The molecule has 9 heteroatoms. The molecule has 0 bridgehead atoms. The number of carbonyl (C=O) groups excluding carboxylic acids is 1. The van der Waals surface area contributed by atoms with Gasteiger partial charge in [-0.2, -0.15) is 5.10 Å². The van der Waals surface area contributed by atoms with Crippen molar-refractivity contribution in [1.82, 2.24) is 25.0 Å². The Morgan fingerprint density at radius 2 is 2.33 bits per heavy atom. The van der Waals surface area contributed by atoms with Crippen molar-refractivity contribution in [2.45, 2.75) is 31.8 Å². The van der Waals surface area contributed by atoms with Gasteiger partial charge in [-0.25, -0.2) is 14.6 Å². The molecular formula is C12H19N5O3S. The number of urea groups is 1. The zero-order valence-corrected chi connectivity index (χ0v) is 13.0. The fourth-order valence-corrected chi connectivity index (χ4v) is 3.74. The molecule has 0 spiro atoms. The highest BCUT2D eigenvalue weighted by Crippen LogP contribution is 2.34. The number of carbonyl (C=O) groups is 2. The molecule has 0 radical (unpaired) electrons. The van der Waals surface area contributed by atoms with Crippen molar-refractivity contribution in [3.63, 3.8) is 0 Å². The lowest BCUT2D eigenvalue weighted by molar-refractivity contribution is -0.141. The van der Waals surface area contributed by atoms with Crippen LogP contribution in [0.15, 0.2) is 6.33 Å². The fourth-order valence-electron chi connectivity index (χ4n) is 2.27. The van der Waals surface area contributed by atoms with Gasteiger partial charge in [0.1, 0.15) is 18.2 Å². The lowest BCUT2D eigenvalue weighted by Crippen LogP contribution is -2.51. The van der Waals surface area contributed by atoms with E-state index in [9.17, 15) is 14.7 Å². The third-order valence-corrected chi connectivity index (χ3v) is 4.91. The summed E-state index contributed by atoms with van der Waals surface area (Å²) in [5.41, 5.74) is 0. The van der Waals surface area contributed by atoms with Crippen LogP contribution < -0.4 is 0 Å². The molecule has 0 aliphatic carbocycles. The first-order valence-corrected chi connectivity index (χ1v) is 7.68. The fraction of sp³-hybridized carbons (Fsp3) is 0.667. The zero-order chi connectivity index (χ0) is 15.6. The number of nitrogens with zero attached hydrogens (tertiary/aromatic N) is 4. The van der Waals surface area contributed by atoms with E-state index in [0.717, 1.165) is 0 Å². The molecule has 2 amide bonds. The molecule has 2 heterocycles. The lowest BCUT2D eigenvalue weighted by atomic mass is 10.1. The van der Waals surface area contributed by atoms with Crippen molar-refractivity contribution in [1.29, 1.82) is 0 Å². The molecule has 1 aromatic rings. The van der Waals surface area contributed by atoms with Crippen LogP contribution >= 0.6 is 11.8 Å². The van der Waals surface area contributed by atoms with Crippen molar-refractivity contribution in [2.24, 2.45) is 5.92 Å². The number of nitrogens with one attached hydrogen (secondary N) is 1. The predicted molar refractivity (Wildman–Crippen MR) is 77.6 cm³/mol. The van der Waals surface area contributed by atoms with Crippen molar-refractivity contribution < 1.29 is 14.7 Å². The molecule has 1 fully saturated rings. The van der Waals surface area contributed by atoms with Gasteiger partial charge in [0, 0.05) is 12.8 Å². The smallest absolute Gasteiger partial charge is 0.327 e. The van der Waals surface area contributed by atoms with Gasteiger partial charge in [0.25, 0.3) is 0 Å². The van der Waals surface area contributed by atoms with Crippen LogP contribution in [0.25, 0.3) is 0 Å². The van der Waals surface area contributed by atoms with Gasteiger partial charge >= 0.3 is 12.0 Å². The van der Waals surface area contributed by atoms with Gasteiger partial charge in [0.05, 0.1) is 11.9 Å². The van der Waals surface area contributed by atoms with Crippen molar-refractivity contribution >= 4 is 23.8 Å². The summed E-state index contributed by atoms with van der Waals surface area (Å²) in [5, 5.41) is 15.6. The summed E-state index contributed by atoms with van der Waals surface area (Å²) in [6, 6.07) is -1.09. The second-order valence-corrected chi connectivity index (χ2v) is 6.45. The zero-order valence-electron chi connectivity index (χ0n) is 12.2. The van der Waals surface area contributed by atoms with Gasteiger partial charge in [0.2, 0.25) is 0 Å². The third-order valence-electron chi connectivity index (χ3n) is 3.29. The van der Waals surface area contributed by atoms with Gasteiger partial charge in [-0.15, -0.1) is 11.8 Å². The Bertz CT molecular complexity index is 507. The second kappa shape index (κ2) is 6.33. The number of carboxylic acids is 1. The Kier molecular flexibility index (Phi) is 4.71. The van der Waals surface area contributed by atoms with Crippen molar-refractivity contribution in [2.75, 3.05) is 12.8 Å². The normalized spacial score (nSPS) is 21.8. The Balaban J connectivity index is 2.14. The lowest BCUT2D eigenvalue weighted by Gasteiger charge is -2.33. The minimum absolute atomic E-state index is 0.129. The van der Waals surface area contributed by atoms with E-state index in [1.165, 1.54) is 27.9 Å². The number of H-pyrrole nitrogens is 1. The molecule has 2 rings (SSSR count). The summed E-state index contributed by atoms with van der Waals surface area (Å²) in [6.07, 6.45) is 1.37. The van der Waals surface area contributed by atoms with Crippen LogP contribution in [0, 0.1) is 5.92 Å². The molecule has 0 aromatic carbocycles. The van der Waals surface area contributed by atoms with Gasteiger partial charge in [0.15, 0.2) is 0 Å². The van der Waals surface area contributed by atoms with E-state index in [0.29, 0.717) is 11.6 Å². The van der Waals surface area contributed by atoms with Crippen LogP contribution in [0.4, 0.5) is 4.79 Å². The highest BCUT2D eigenvalue weighted by atomic mass is 32.2. The van der Waals surface area contributed by atoms with E-state index in [-0.39, 0.29) is 23.9 Å². The van der Waals surface area contributed by atoms with Gasteiger partial charge in [-0.1, -0.05) is 13.8 Å². The number of aromatic amines is 1. The quantitative estimate of drug-likeness (QED) is 0.854. The van der Waals surface area contributed by atoms with Gasteiger partial charge in [-0.3, -0.25) is 10.00 Å². The molecule has 2 atom stereocenters. The van der Waals surface area contributed by atoms with Crippen LogP contribution in [-0.2, 0) is 11.3 Å². The van der Waals surface area contributed by atoms with Gasteiger partial charge in [-0.05, 0) is 5.92 Å². The average molecular weight is 313 g/mol. The summed E-state index contributed by atoms with van der Waals surface area (Å²) in [7, 11) is 1.63. The Morgan fingerprint density at radius 1 is 1.62 bits per heavy atom. The van der Waals surface area contributed by atoms with E-state index in [1.54, 1.807) is 7.05 Å². The van der Waals surface area contributed by atoms with Crippen LogP contribution in [0.3, 0.4) is 0 Å². The number of carboxylic acid groups (broad SMARTS) is 1. The largest absolute Gasteiger partial charge is 0.480 e. The molecule has 1 aliphatic rings. The number of thioether (sulfide) groups is 1. The Labute approximate surface area is 126 Å². The molecule has 2 N–H and O–H groups in total. The van der Waals surface area contributed by atoms with Crippen LogP contribution in [0.2, 0.25) is 0 Å². The van der Waals surface area contributed by atoms with Gasteiger partial charge < -0.3 is 10.0 Å². The molecule has 8 nitrogen and oxygen atoms in total. The van der Waals surface area contributed by atoms with E-state index in [2.05, 4.69) is 15.2 Å². The number of aromatic nitrogens is 3. The maximum atomic E-state index is 12.6. The summed E-state index contributed by atoms with van der Waals surface area (Å²) < 4.78 is 0. The second-order valence-electron chi connectivity index (χ2n) is 5.30. The van der Waals surface area contributed by atoms with Crippen LogP contribution in [-0.4, -0.2) is 66.3 Å². The Morgan fingerprint density at radius 3 is 2.86 bits per heavy atom. The SMILES string of the molecule is CC(C)C1SCC(C(=O)O)N1C(=O)N(C)Cc1ncn[nH]1. The average Bonchev–Trinajstić information content (AvgIpc) is 3.05. The topological polar surface area (TPSA) is 102 Å². The highest BCUT2D eigenvalue weighted by Gasteiger charge is 2.43. The molecule has 21 heavy (non-hydrogen) atoms. The van der Waals surface area contributed by atoms with Crippen LogP contribution in [0.1, 0.15) is 19.7 Å². The Hall–Kier alpha value is -1.77. The van der Waals surface area contributed by atoms with E-state index in [1.807, 2.05) is 13.8 Å². The molecular weight excluding hydrogens is 294 g/mol. The standard InChI is InChI=1S/C12H19N5O3S/c1-7(2)10-17(8(5-21-10)11(18)19)12(20)16(3)4-9-13-6-14-15-9/h6-8,10H,4-5H2,1-3H3,(H,18,19)(H,13,14,15). The minimum atomic E-state index is -0.966. The maximum absolute atomic E-state index is 12.6. The van der Waals surface area contributed by atoms with Crippen molar-refractivity contribution in [3.8, 4) is 0 Å². The molecule has 0 saturated carbocycles. The molecule has 116 valence electrons. The van der Waals surface area contributed by atoms with E-state index >= 15 is 0 Å². The number of hydrogen-bond acceptors (Lipinski definition) is 5. The summed E-state index contributed by atoms with van der Waals surface area (Å²) in [4.78, 5) is 30.9. The van der Waals surface area contributed by atoms with Crippen molar-refractivity contribution in [3.05, 3.63) is 12.2 Å². The molecule has 1 saturated heterocycles. The third kappa shape index (κ3) is 3.29. The summed E-state index contributed by atoms with van der Waals surface area (Å²) in [6.45, 7) is 4.23. The molecule has 1 aliphatic heterocycles. The first kappa shape index (κ1) is 15.6. The minimum Gasteiger partial charge on any atom is -0.480 e. The highest BCUT2D eigenvalue weighted by molar-refractivity contribution is 8.00. The first-order chi connectivity index (χ1) is 9.91. The maximum Gasteiger partial charge on any atom is 0.327 e. The number of hydrogen-bond donors (Lipinski definition) is 2. The summed E-state index contributed by atoms with van der Waals surface area (Å²) >= 11 is 1.51. The predicted octanol–water partition coefficient (Wildman–Crippen LogP) is 0.841. The van der Waals surface area contributed by atoms with E-state index in [4.69, 9.17) is 0 Å². The van der Waals surface area contributed by atoms with Crippen LogP contribution in [0.5, 0.6) is 0 Å². The molecule has 2 unspecified atom stereocenters. The number of amides is 2. The number of rotatable bonds is 4.